The lowest BCUT2D eigenvalue weighted by Gasteiger charge is -2.00. The lowest BCUT2D eigenvalue weighted by molar-refractivity contribution is 0.489. The van der Waals surface area contributed by atoms with E-state index in [4.69, 9.17) is 21.8 Å². The second-order valence-electron chi connectivity index (χ2n) is 4.24. The van der Waals surface area contributed by atoms with Crippen molar-refractivity contribution in [2.45, 2.75) is 11.0 Å². The third-order valence-corrected chi connectivity index (χ3v) is 3.93. The number of fused-ring (bicyclic) bond motifs is 1. The first-order chi connectivity index (χ1) is 9.61. The molecule has 0 amide bonds. The van der Waals surface area contributed by atoms with Gasteiger partial charge in [-0.1, -0.05) is 29.4 Å². The van der Waals surface area contributed by atoms with Gasteiger partial charge < -0.3 is 10.2 Å². The van der Waals surface area contributed by atoms with Gasteiger partial charge in [-0.3, -0.25) is 0 Å². The SMILES string of the molecule is Nc1ccc2nc(SCc3ccc(F)c(Cl)c3)oc2c1. The fourth-order valence-electron chi connectivity index (χ4n) is 1.76. The largest absolute Gasteiger partial charge is 0.431 e. The number of rotatable bonds is 3. The fourth-order valence-corrected chi connectivity index (χ4v) is 2.74. The van der Waals surface area contributed by atoms with Crippen molar-refractivity contribution < 1.29 is 8.81 Å². The molecule has 2 N–H and O–H groups in total. The number of hydrogen-bond acceptors (Lipinski definition) is 4. The van der Waals surface area contributed by atoms with Gasteiger partial charge in [0.2, 0.25) is 0 Å². The van der Waals surface area contributed by atoms with Crippen LogP contribution in [0.5, 0.6) is 0 Å². The Morgan fingerprint density at radius 2 is 2.10 bits per heavy atom. The van der Waals surface area contributed by atoms with Crippen LogP contribution in [0.4, 0.5) is 10.1 Å². The number of thioether (sulfide) groups is 1. The summed E-state index contributed by atoms with van der Waals surface area (Å²) in [5.41, 5.74) is 8.64. The summed E-state index contributed by atoms with van der Waals surface area (Å²) >= 11 is 7.16. The molecule has 0 fully saturated rings. The molecule has 0 saturated carbocycles. The first-order valence-electron chi connectivity index (χ1n) is 5.84. The maximum atomic E-state index is 13.1. The molecule has 3 rings (SSSR count). The van der Waals surface area contributed by atoms with E-state index in [9.17, 15) is 4.39 Å². The Balaban J connectivity index is 1.77. The Hall–Kier alpha value is -1.72. The van der Waals surface area contributed by atoms with Crippen LogP contribution in [-0.4, -0.2) is 4.98 Å². The molecule has 3 nitrogen and oxygen atoms in total. The Morgan fingerprint density at radius 1 is 1.25 bits per heavy atom. The Bertz CT molecular complexity index is 775. The molecular formula is C14H10ClFN2OS. The summed E-state index contributed by atoms with van der Waals surface area (Å²) in [5.74, 6) is 0.181. The summed E-state index contributed by atoms with van der Waals surface area (Å²) in [6.07, 6.45) is 0. The summed E-state index contributed by atoms with van der Waals surface area (Å²) < 4.78 is 18.6. The lowest BCUT2D eigenvalue weighted by Crippen LogP contribution is -1.83. The molecule has 0 atom stereocenters. The molecule has 0 aliphatic heterocycles. The molecule has 1 heterocycles. The third-order valence-electron chi connectivity index (χ3n) is 2.74. The van der Waals surface area contributed by atoms with Gasteiger partial charge in [0.25, 0.3) is 5.22 Å². The summed E-state index contributed by atoms with van der Waals surface area (Å²) in [6, 6.07) is 9.97. The van der Waals surface area contributed by atoms with Crippen molar-refractivity contribution in [1.29, 1.82) is 0 Å². The van der Waals surface area contributed by atoms with Gasteiger partial charge in [-0.25, -0.2) is 9.37 Å². The van der Waals surface area contributed by atoms with Crippen LogP contribution in [0.3, 0.4) is 0 Å². The highest BCUT2D eigenvalue weighted by Crippen LogP contribution is 2.28. The minimum atomic E-state index is -0.419. The minimum Gasteiger partial charge on any atom is -0.431 e. The van der Waals surface area contributed by atoms with Crippen LogP contribution in [0, 0.1) is 5.82 Å². The average molecular weight is 309 g/mol. The van der Waals surface area contributed by atoms with E-state index >= 15 is 0 Å². The predicted octanol–water partition coefficient (Wildman–Crippen LogP) is 4.49. The van der Waals surface area contributed by atoms with Crippen LogP contribution in [-0.2, 0) is 5.75 Å². The summed E-state index contributed by atoms with van der Waals surface area (Å²) in [4.78, 5) is 4.34. The second-order valence-corrected chi connectivity index (χ2v) is 5.58. The van der Waals surface area contributed by atoms with E-state index in [0.29, 0.717) is 22.2 Å². The van der Waals surface area contributed by atoms with Gasteiger partial charge in [0.05, 0.1) is 5.02 Å². The molecule has 0 unspecified atom stereocenters. The number of anilines is 1. The maximum absolute atomic E-state index is 13.1. The number of halogens is 2. The maximum Gasteiger partial charge on any atom is 0.257 e. The number of nitrogens with zero attached hydrogens (tertiary/aromatic N) is 1. The van der Waals surface area contributed by atoms with E-state index < -0.39 is 5.82 Å². The Kier molecular flexibility index (Phi) is 3.54. The quantitative estimate of drug-likeness (QED) is 0.572. The molecule has 0 spiro atoms. The van der Waals surface area contributed by atoms with E-state index in [1.54, 1.807) is 24.3 Å². The standard InChI is InChI=1S/C14H10ClFN2OS/c15-10-5-8(1-3-11(10)16)7-20-14-18-12-4-2-9(17)6-13(12)19-14/h1-6H,7,17H2. The zero-order chi connectivity index (χ0) is 14.1. The van der Waals surface area contributed by atoms with Gasteiger partial charge in [-0.15, -0.1) is 0 Å². The normalized spacial score (nSPS) is 11.1. The first-order valence-corrected chi connectivity index (χ1v) is 7.21. The number of hydrogen-bond donors (Lipinski definition) is 1. The highest BCUT2D eigenvalue weighted by atomic mass is 35.5. The van der Waals surface area contributed by atoms with Crippen LogP contribution >= 0.6 is 23.4 Å². The van der Waals surface area contributed by atoms with E-state index in [-0.39, 0.29) is 5.02 Å². The molecule has 0 aliphatic rings. The molecule has 1 aromatic heterocycles. The summed E-state index contributed by atoms with van der Waals surface area (Å²) in [5, 5.41) is 0.666. The van der Waals surface area contributed by atoms with Gasteiger partial charge in [0, 0.05) is 17.5 Å². The van der Waals surface area contributed by atoms with E-state index in [1.807, 2.05) is 6.07 Å². The molecule has 102 valence electrons. The third kappa shape index (κ3) is 2.73. The number of benzene rings is 2. The van der Waals surface area contributed by atoms with Crippen molar-refractivity contribution in [3.8, 4) is 0 Å². The summed E-state index contributed by atoms with van der Waals surface area (Å²) in [7, 11) is 0. The number of aromatic nitrogens is 1. The van der Waals surface area contributed by atoms with Gasteiger partial charge in [-0.2, -0.15) is 0 Å². The first kappa shape index (κ1) is 13.3. The van der Waals surface area contributed by atoms with Gasteiger partial charge >= 0.3 is 0 Å². The van der Waals surface area contributed by atoms with Crippen LogP contribution in [0.2, 0.25) is 5.02 Å². The number of oxazole rings is 1. The number of nitrogen functional groups attached to an aromatic ring is 1. The smallest absolute Gasteiger partial charge is 0.257 e. The topological polar surface area (TPSA) is 52.0 Å². The van der Waals surface area contributed by atoms with Crippen molar-refractivity contribution in [1.82, 2.24) is 4.98 Å². The molecule has 0 radical (unpaired) electrons. The highest BCUT2D eigenvalue weighted by Gasteiger charge is 2.08. The molecule has 2 aromatic carbocycles. The molecule has 0 bridgehead atoms. The van der Waals surface area contributed by atoms with Crippen molar-refractivity contribution in [3.63, 3.8) is 0 Å². The highest BCUT2D eigenvalue weighted by molar-refractivity contribution is 7.98. The zero-order valence-electron chi connectivity index (χ0n) is 10.3. The molecular weight excluding hydrogens is 299 g/mol. The Morgan fingerprint density at radius 3 is 2.90 bits per heavy atom. The zero-order valence-corrected chi connectivity index (χ0v) is 11.8. The van der Waals surface area contributed by atoms with Crippen molar-refractivity contribution in [2.75, 3.05) is 5.73 Å². The van der Waals surface area contributed by atoms with Crippen LogP contribution in [0.25, 0.3) is 11.1 Å². The predicted molar refractivity (Wildman–Crippen MR) is 79.4 cm³/mol. The van der Waals surface area contributed by atoms with Crippen LogP contribution in [0.15, 0.2) is 46.0 Å². The average Bonchev–Trinajstić information content (AvgIpc) is 2.82. The molecule has 20 heavy (non-hydrogen) atoms. The van der Waals surface area contributed by atoms with Crippen LogP contribution < -0.4 is 5.73 Å². The molecule has 0 saturated heterocycles. The van der Waals surface area contributed by atoms with E-state index in [2.05, 4.69) is 4.98 Å². The summed E-state index contributed by atoms with van der Waals surface area (Å²) in [6.45, 7) is 0. The van der Waals surface area contributed by atoms with Crippen molar-refractivity contribution in [3.05, 3.63) is 52.8 Å². The second kappa shape index (κ2) is 5.34. The van der Waals surface area contributed by atoms with Gasteiger partial charge in [0.15, 0.2) is 5.58 Å². The van der Waals surface area contributed by atoms with Gasteiger partial charge in [-0.05, 0) is 29.8 Å². The van der Waals surface area contributed by atoms with Crippen LogP contribution in [0.1, 0.15) is 5.56 Å². The van der Waals surface area contributed by atoms with Crippen molar-refractivity contribution in [2.24, 2.45) is 0 Å². The minimum absolute atomic E-state index is 0.119. The Labute approximate surface area is 123 Å². The molecule has 6 heteroatoms. The monoisotopic (exact) mass is 308 g/mol. The fraction of sp³-hybridized carbons (Fsp3) is 0.0714. The molecule has 3 aromatic rings. The molecule has 0 aliphatic carbocycles. The lowest BCUT2D eigenvalue weighted by atomic mass is 10.2. The van der Waals surface area contributed by atoms with Crippen molar-refractivity contribution >= 4 is 40.1 Å². The number of nitrogens with two attached hydrogens (primary N) is 1. The van der Waals surface area contributed by atoms with E-state index in [0.717, 1.165) is 11.1 Å². The van der Waals surface area contributed by atoms with E-state index in [1.165, 1.54) is 17.8 Å². The van der Waals surface area contributed by atoms with Gasteiger partial charge in [0.1, 0.15) is 11.3 Å².